The molecular formula is C20H21F3N2O3S. The Bertz CT molecular complexity index is 950. The van der Waals surface area contributed by atoms with Crippen molar-refractivity contribution < 1.29 is 26.4 Å². The third kappa shape index (κ3) is 5.36. The average molecular weight is 426 g/mol. The first-order valence-electron chi connectivity index (χ1n) is 9.22. The van der Waals surface area contributed by atoms with Gasteiger partial charge in [0.15, 0.2) is 0 Å². The summed E-state index contributed by atoms with van der Waals surface area (Å²) in [7, 11) is -3.54. The minimum absolute atomic E-state index is 0.0913. The van der Waals surface area contributed by atoms with Crippen LogP contribution in [0.5, 0.6) is 0 Å². The number of halogens is 3. The summed E-state index contributed by atoms with van der Waals surface area (Å²) in [6, 6.07) is 10.3. The van der Waals surface area contributed by atoms with Gasteiger partial charge in [-0.05, 0) is 54.8 Å². The van der Waals surface area contributed by atoms with Crippen molar-refractivity contribution in [2.45, 2.75) is 36.8 Å². The normalized spacial score (nSPS) is 15.8. The van der Waals surface area contributed by atoms with E-state index < -0.39 is 27.7 Å². The molecular weight excluding hydrogens is 405 g/mol. The third-order valence-electron chi connectivity index (χ3n) is 4.74. The third-order valence-corrected chi connectivity index (χ3v) is 6.65. The summed E-state index contributed by atoms with van der Waals surface area (Å²) in [5, 5.41) is 2.62. The maximum Gasteiger partial charge on any atom is 0.416 e. The van der Waals surface area contributed by atoms with Crippen molar-refractivity contribution >= 4 is 21.6 Å². The lowest BCUT2D eigenvalue weighted by atomic mass is 10.1. The Kier molecular flexibility index (Phi) is 6.28. The topological polar surface area (TPSA) is 66.5 Å². The van der Waals surface area contributed by atoms with E-state index in [0.717, 1.165) is 31.4 Å². The maximum absolute atomic E-state index is 12.6. The molecule has 2 aromatic rings. The van der Waals surface area contributed by atoms with Gasteiger partial charge in [-0.15, -0.1) is 0 Å². The summed E-state index contributed by atoms with van der Waals surface area (Å²) in [4.78, 5) is 12.3. The molecule has 1 N–H and O–H groups in total. The standard InChI is InChI=1S/C20H21F3N2O3S/c21-20(22,23)16-6-4-15(5-7-16)14-19(26)24-17-8-10-18(11-9-17)29(27,28)25-12-2-1-3-13-25/h4-11H,1-3,12-14H2,(H,24,26). The van der Waals surface area contributed by atoms with Gasteiger partial charge in [0.2, 0.25) is 15.9 Å². The smallest absolute Gasteiger partial charge is 0.326 e. The van der Waals surface area contributed by atoms with Gasteiger partial charge in [0.05, 0.1) is 16.9 Å². The van der Waals surface area contributed by atoms with E-state index in [1.807, 2.05) is 0 Å². The average Bonchev–Trinajstić information content (AvgIpc) is 2.69. The van der Waals surface area contributed by atoms with Crippen LogP contribution >= 0.6 is 0 Å². The lowest BCUT2D eigenvalue weighted by Crippen LogP contribution is -2.35. The van der Waals surface area contributed by atoms with Crippen molar-refractivity contribution in [2.75, 3.05) is 18.4 Å². The summed E-state index contributed by atoms with van der Waals surface area (Å²) in [5.41, 5.74) is 0.0893. The van der Waals surface area contributed by atoms with Gasteiger partial charge in [-0.2, -0.15) is 17.5 Å². The molecule has 156 valence electrons. The summed E-state index contributed by atoms with van der Waals surface area (Å²) in [6.07, 6.45) is -1.80. The number of carbonyl (C=O) groups excluding carboxylic acids is 1. The lowest BCUT2D eigenvalue weighted by molar-refractivity contribution is -0.137. The first kappa shape index (κ1) is 21.3. The molecule has 0 saturated carbocycles. The molecule has 1 aliphatic rings. The van der Waals surface area contributed by atoms with Crippen LogP contribution in [0, 0.1) is 0 Å². The van der Waals surface area contributed by atoms with Gasteiger partial charge in [-0.1, -0.05) is 18.6 Å². The largest absolute Gasteiger partial charge is 0.416 e. The Balaban J connectivity index is 1.61. The van der Waals surface area contributed by atoms with E-state index in [2.05, 4.69) is 5.32 Å². The number of hydrogen-bond donors (Lipinski definition) is 1. The van der Waals surface area contributed by atoms with Crippen molar-refractivity contribution in [2.24, 2.45) is 0 Å². The molecule has 0 aromatic heterocycles. The van der Waals surface area contributed by atoms with Gasteiger partial charge in [-0.25, -0.2) is 8.42 Å². The second-order valence-corrected chi connectivity index (χ2v) is 8.85. The van der Waals surface area contributed by atoms with Gasteiger partial charge in [0, 0.05) is 18.8 Å². The molecule has 5 nitrogen and oxygen atoms in total. The molecule has 1 fully saturated rings. The number of benzene rings is 2. The molecule has 9 heteroatoms. The van der Waals surface area contributed by atoms with Crippen LogP contribution in [0.1, 0.15) is 30.4 Å². The molecule has 0 atom stereocenters. The number of carbonyl (C=O) groups is 1. The van der Waals surface area contributed by atoms with Crippen LogP contribution in [-0.4, -0.2) is 31.7 Å². The zero-order valence-electron chi connectivity index (χ0n) is 15.6. The summed E-state index contributed by atoms with van der Waals surface area (Å²) in [5.74, 6) is -0.406. The first-order chi connectivity index (χ1) is 13.7. The minimum Gasteiger partial charge on any atom is -0.326 e. The quantitative estimate of drug-likeness (QED) is 0.784. The Morgan fingerprint density at radius 2 is 1.52 bits per heavy atom. The van der Waals surface area contributed by atoms with E-state index in [9.17, 15) is 26.4 Å². The van der Waals surface area contributed by atoms with Crippen LogP contribution in [-0.2, 0) is 27.4 Å². The molecule has 1 heterocycles. The number of alkyl halides is 3. The molecule has 1 saturated heterocycles. The molecule has 1 amide bonds. The number of anilines is 1. The molecule has 2 aromatic carbocycles. The minimum atomic E-state index is -4.42. The lowest BCUT2D eigenvalue weighted by Gasteiger charge is -2.25. The van der Waals surface area contributed by atoms with Crippen LogP contribution in [0.4, 0.5) is 18.9 Å². The SMILES string of the molecule is O=C(Cc1ccc(C(F)(F)F)cc1)Nc1ccc(S(=O)(=O)N2CCCCC2)cc1. The van der Waals surface area contributed by atoms with Gasteiger partial charge in [0.25, 0.3) is 0 Å². The van der Waals surface area contributed by atoms with E-state index in [0.29, 0.717) is 24.3 Å². The van der Waals surface area contributed by atoms with Crippen molar-refractivity contribution in [1.82, 2.24) is 4.31 Å². The van der Waals surface area contributed by atoms with Gasteiger partial charge in [0.1, 0.15) is 0 Å². The number of sulfonamides is 1. The van der Waals surface area contributed by atoms with Crippen molar-refractivity contribution in [3.63, 3.8) is 0 Å². The molecule has 3 rings (SSSR count). The van der Waals surface area contributed by atoms with Crippen LogP contribution in [0.3, 0.4) is 0 Å². The van der Waals surface area contributed by atoms with E-state index in [-0.39, 0.29) is 11.3 Å². The number of nitrogens with zero attached hydrogens (tertiary/aromatic N) is 1. The van der Waals surface area contributed by atoms with Crippen molar-refractivity contribution in [3.8, 4) is 0 Å². The summed E-state index contributed by atoms with van der Waals surface area (Å²) >= 11 is 0. The van der Waals surface area contributed by atoms with E-state index in [4.69, 9.17) is 0 Å². The highest BCUT2D eigenvalue weighted by Gasteiger charge is 2.30. The number of amides is 1. The van der Waals surface area contributed by atoms with E-state index >= 15 is 0 Å². The van der Waals surface area contributed by atoms with Crippen LogP contribution < -0.4 is 5.32 Å². The Hall–Kier alpha value is -2.39. The van der Waals surface area contributed by atoms with Crippen LogP contribution in [0.25, 0.3) is 0 Å². The van der Waals surface area contributed by atoms with Gasteiger partial charge < -0.3 is 5.32 Å². The fourth-order valence-electron chi connectivity index (χ4n) is 3.17. The predicted octanol–water partition coefficient (Wildman–Crippen LogP) is 4.06. The van der Waals surface area contributed by atoms with Gasteiger partial charge in [-0.3, -0.25) is 4.79 Å². The highest BCUT2D eigenvalue weighted by Crippen LogP contribution is 2.29. The molecule has 1 aliphatic heterocycles. The number of nitrogens with one attached hydrogen (secondary N) is 1. The Morgan fingerprint density at radius 1 is 0.931 bits per heavy atom. The highest BCUT2D eigenvalue weighted by atomic mass is 32.2. The monoisotopic (exact) mass is 426 g/mol. The first-order valence-corrected chi connectivity index (χ1v) is 10.7. The molecule has 0 aliphatic carbocycles. The molecule has 0 radical (unpaired) electrons. The second-order valence-electron chi connectivity index (χ2n) is 6.91. The summed E-state index contributed by atoms with van der Waals surface area (Å²) in [6.45, 7) is 1.02. The molecule has 0 unspecified atom stereocenters. The maximum atomic E-state index is 12.6. The van der Waals surface area contributed by atoms with Gasteiger partial charge >= 0.3 is 6.18 Å². The summed E-state index contributed by atoms with van der Waals surface area (Å²) < 4.78 is 64.4. The highest BCUT2D eigenvalue weighted by molar-refractivity contribution is 7.89. The molecule has 0 spiro atoms. The second kappa shape index (κ2) is 8.54. The van der Waals surface area contributed by atoms with Crippen LogP contribution in [0.15, 0.2) is 53.4 Å². The molecule has 29 heavy (non-hydrogen) atoms. The Labute approximate surface area is 167 Å². The van der Waals surface area contributed by atoms with Crippen LogP contribution in [0.2, 0.25) is 0 Å². The fraction of sp³-hybridized carbons (Fsp3) is 0.350. The van der Waals surface area contributed by atoms with E-state index in [1.54, 1.807) is 0 Å². The van der Waals surface area contributed by atoms with E-state index in [1.165, 1.54) is 40.7 Å². The predicted molar refractivity (Wildman–Crippen MR) is 103 cm³/mol. The number of rotatable bonds is 5. The van der Waals surface area contributed by atoms with Crippen molar-refractivity contribution in [3.05, 3.63) is 59.7 Å². The van der Waals surface area contributed by atoms with Crippen molar-refractivity contribution in [1.29, 1.82) is 0 Å². The zero-order chi connectivity index (χ0) is 21.1. The molecule has 0 bridgehead atoms. The zero-order valence-corrected chi connectivity index (χ0v) is 16.4. The number of hydrogen-bond acceptors (Lipinski definition) is 3. The fourth-order valence-corrected chi connectivity index (χ4v) is 4.68. The Morgan fingerprint density at radius 3 is 2.07 bits per heavy atom. The number of piperidine rings is 1.